The minimum atomic E-state index is 0.102. The molecule has 0 aliphatic heterocycles. The fourth-order valence-corrected chi connectivity index (χ4v) is 2.08. The molecule has 0 amide bonds. The molecule has 18 heavy (non-hydrogen) atoms. The average molecular weight is 266 g/mol. The minimum absolute atomic E-state index is 0.102. The third-order valence-corrected chi connectivity index (χ3v) is 3.77. The Morgan fingerprint density at radius 2 is 2.00 bits per heavy atom. The summed E-state index contributed by atoms with van der Waals surface area (Å²) in [6.07, 6.45) is 0.910. The Morgan fingerprint density at radius 3 is 2.56 bits per heavy atom. The zero-order valence-corrected chi connectivity index (χ0v) is 12.3. The summed E-state index contributed by atoms with van der Waals surface area (Å²) in [6.45, 7) is 4.20. The second-order valence-corrected chi connectivity index (χ2v) is 5.08. The van der Waals surface area contributed by atoms with Gasteiger partial charge in [0.15, 0.2) is 0 Å². The van der Waals surface area contributed by atoms with Crippen LogP contribution in [0.15, 0.2) is 24.3 Å². The van der Waals surface area contributed by atoms with E-state index >= 15 is 0 Å². The smallest absolute Gasteiger partial charge is 0.122 e. The van der Waals surface area contributed by atoms with E-state index in [9.17, 15) is 0 Å². The van der Waals surface area contributed by atoms with Crippen LogP contribution >= 0.6 is 12.2 Å². The molecule has 1 rings (SSSR count). The van der Waals surface area contributed by atoms with Crippen LogP contribution in [0.4, 0.5) is 0 Å². The molecule has 0 aromatic heterocycles. The van der Waals surface area contributed by atoms with Gasteiger partial charge in [-0.3, -0.25) is 4.90 Å². The first kappa shape index (κ1) is 14.9. The Bertz CT molecular complexity index is 409. The Morgan fingerprint density at radius 1 is 1.39 bits per heavy atom. The predicted molar refractivity (Wildman–Crippen MR) is 80.2 cm³/mol. The van der Waals surface area contributed by atoms with E-state index in [1.807, 2.05) is 32.2 Å². The summed E-state index contributed by atoms with van der Waals surface area (Å²) < 4.78 is 5.36. The van der Waals surface area contributed by atoms with E-state index in [-0.39, 0.29) is 6.04 Å². The van der Waals surface area contributed by atoms with Crippen molar-refractivity contribution in [3.8, 4) is 5.75 Å². The quantitative estimate of drug-likeness (QED) is 0.801. The third kappa shape index (κ3) is 3.68. The summed E-state index contributed by atoms with van der Waals surface area (Å²) in [7, 11) is 3.74. The van der Waals surface area contributed by atoms with Crippen molar-refractivity contribution >= 4 is 17.2 Å². The lowest BCUT2D eigenvalue weighted by molar-refractivity contribution is 0.236. The van der Waals surface area contributed by atoms with Crippen molar-refractivity contribution in [3.05, 3.63) is 29.8 Å². The molecule has 100 valence electrons. The van der Waals surface area contributed by atoms with E-state index in [1.54, 1.807) is 7.11 Å². The molecule has 0 radical (unpaired) electrons. The lowest BCUT2D eigenvalue weighted by atomic mass is 10.0. The Hall–Kier alpha value is -1.13. The number of nitrogens with two attached hydrogens (primary N) is 1. The molecule has 2 unspecified atom stereocenters. The van der Waals surface area contributed by atoms with E-state index in [0.29, 0.717) is 11.0 Å². The minimum Gasteiger partial charge on any atom is -0.496 e. The number of benzene rings is 1. The molecule has 0 aliphatic rings. The maximum Gasteiger partial charge on any atom is 0.122 e. The van der Waals surface area contributed by atoms with Crippen LogP contribution in [0.5, 0.6) is 5.75 Å². The Labute approximate surface area is 115 Å². The van der Waals surface area contributed by atoms with Crippen LogP contribution in [0, 0.1) is 0 Å². The normalized spacial score (nSPS) is 14.3. The van der Waals surface area contributed by atoms with Crippen molar-refractivity contribution in [1.29, 1.82) is 0 Å². The average Bonchev–Trinajstić information content (AvgIpc) is 2.37. The molecule has 2 N–H and O–H groups in total. The van der Waals surface area contributed by atoms with Crippen LogP contribution in [0.2, 0.25) is 0 Å². The summed E-state index contributed by atoms with van der Waals surface area (Å²) in [5.74, 6) is 0.931. The summed E-state index contributed by atoms with van der Waals surface area (Å²) in [5, 5.41) is 0. The van der Waals surface area contributed by atoms with Crippen LogP contribution in [0.1, 0.15) is 19.4 Å². The number of nitrogens with zero attached hydrogens (tertiary/aromatic N) is 1. The largest absolute Gasteiger partial charge is 0.496 e. The molecule has 0 fully saturated rings. The van der Waals surface area contributed by atoms with Crippen molar-refractivity contribution in [1.82, 2.24) is 4.90 Å². The topological polar surface area (TPSA) is 38.5 Å². The number of para-hydroxylation sites is 1. The molecule has 0 spiro atoms. The second-order valence-electron chi connectivity index (χ2n) is 4.61. The molecule has 3 nitrogen and oxygen atoms in total. The van der Waals surface area contributed by atoms with Crippen molar-refractivity contribution < 1.29 is 4.74 Å². The Kier molecular flexibility index (Phi) is 5.56. The van der Waals surface area contributed by atoms with E-state index in [4.69, 9.17) is 22.7 Å². The summed E-state index contributed by atoms with van der Waals surface area (Å²) in [4.78, 5) is 2.72. The van der Waals surface area contributed by atoms with Gasteiger partial charge < -0.3 is 10.5 Å². The first-order chi connectivity index (χ1) is 8.47. The molecule has 1 aromatic rings. The number of thiocarbonyl (C=S) groups is 1. The van der Waals surface area contributed by atoms with Crippen LogP contribution in [-0.4, -0.2) is 36.1 Å². The summed E-state index contributed by atoms with van der Waals surface area (Å²) in [5.41, 5.74) is 6.89. The van der Waals surface area contributed by atoms with E-state index < -0.39 is 0 Å². The predicted octanol–water partition coefficient (Wildman–Crippen LogP) is 2.23. The van der Waals surface area contributed by atoms with Crippen molar-refractivity contribution in [2.45, 2.75) is 32.4 Å². The lowest BCUT2D eigenvalue weighted by Crippen LogP contribution is -2.44. The molecule has 0 heterocycles. The van der Waals surface area contributed by atoms with E-state index in [1.165, 1.54) is 5.56 Å². The molecular weight excluding hydrogens is 244 g/mol. The van der Waals surface area contributed by atoms with Gasteiger partial charge in [-0.15, -0.1) is 0 Å². The zero-order chi connectivity index (χ0) is 13.7. The number of rotatable bonds is 6. The molecular formula is C14H22N2OS. The number of likely N-dealkylation sites (N-methyl/N-ethyl adjacent to an activating group) is 1. The molecule has 0 saturated heterocycles. The summed E-state index contributed by atoms with van der Waals surface area (Å²) in [6, 6.07) is 8.53. The highest BCUT2D eigenvalue weighted by Crippen LogP contribution is 2.20. The highest BCUT2D eigenvalue weighted by Gasteiger charge is 2.19. The number of hydrogen-bond acceptors (Lipinski definition) is 3. The van der Waals surface area contributed by atoms with Gasteiger partial charge >= 0.3 is 0 Å². The van der Waals surface area contributed by atoms with Crippen molar-refractivity contribution in [2.75, 3.05) is 14.2 Å². The van der Waals surface area contributed by atoms with E-state index in [0.717, 1.165) is 12.2 Å². The standard InChI is InChI=1S/C14H22N2OS/c1-10(16(3)11(2)14(15)18)9-12-7-5-6-8-13(12)17-4/h5-8,10-11H,9H2,1-4H3,(H2,15,18). The van der Waals surface area contributed by atoms with Gasteiger partial charge in [-0.2, -0.15) is 0 Å². The van der Waals surface area contributed by atoms with E-state index in [2.05, 4.69) is 17.9 Å². The van der Waals surface area contributed by atoms with Crippen molar-refractivity contribution in [3.63, 3.8) is 0 Å². The molecule has 4 heteroatoms. The molecule has 0 saturated carbocycles. The van der Waals surface area contributed by atoms with Gasteiger partial charge in [0.05, 0.1) is 18.1 Å². The van der Waals surface area contributed by atoms with Gasteiger partial charge in [0.1, 0.15) is 5.75 Å². The highest BCUT2D eigenvalue weighted by atomic mass is 32.1. The van der Waals surface area contributed by atoms with Crippen LogP contribution in [0.25, 0.3) is 0 Å². The third-order valence-electron chi connectivity index (χ3n) is 3.43. The monoisotopic (exact) mass is 266 g/mol. The van der Waals surface area contributed by atoms with Gasteiger partial charge in [0.25, 0.3) is 0 Å². The van der Waals surface area contributed by atoms with Gasteiger partial charge in [-0.05, 0) is 38.9 Å². The molecule has 1 aromatic carbocycles. The lowest BCUT2D eigenvalue weighted by Gasteiger charge is -2.30. The van der Waals surface area contributed by atoms with Crippen LogP contribution in [-0.2, 0) is 6.42 Å². The van der Waals surface area contributed by atoms with Gasteiger partial charge in [-0.25, -0.2) is 0 Å². The fourth-order valence-electron chi connectivity index (χ4n) is 1.92. The number of ether oxygens (including phenoxy) is 1. The first-order valence-electron chi connectivity index (χ1n) is 6.10. The van der Waals surface area contributed by atoms with Crippen molar-refractivity contribution in [2.24, 2.45) is 5.73 Å². The fraction of sp³-hybridized carbons (Fsp3) is 0.500. The van der Waals surface area contributed by atoms with Gasteiger partial charge in [0.2, 0.25) is 0 Å². The molecule has 2 atom stereocenters. The van der Waals surface area contributed by atoms with Crippen LogP contribution < -0.4 is 10.5 Å². The maximum atomic E-state index is 5.69. The first-order valence-corrected chi connectivity index (χ1v) is 6.51. The molecule has 0 bridgehead atoms. The highest BCUT2D eigenvalue weighted by molar-refractivity contribution is 7.80. The number of methoxy groups -OCH3 is 1. The zero-order valence-electron chi connectivity index (χ0n) is 11.5. The summed E-state index contributed by atoms with van der Waals surface area (Å²) >= 11 is 5.04. The SMILES string of the molecule is COc1ccccc1CC(C)N(C)C(C)C(N)=S. The van der Waals surface area contributed by atoms with Gasteiger partial charge in [-0.1, -0.05) is 30.4 Å². The Balaban J connectivity index is 2.75. The maximum absolute atomic E-state index is 5.69. The van der Waals surface area contributed by atoms with Gasteiger partial charge in [0, 0.05) is 6.04 Å². The van der Waals surface area contributed by atoms with Crippen LogP contribution in [0.3, 0.4) is 0 Å². The molecule has 0 aliphatic carbocycles. The second kappa shape index (κ2) is 6.71. The number of hydrogen-bond donors (Lipinski definition) is 1.